The van der Waals surface area contributed by atoms with Gasteiger partial charge in [0.15, 0.2) is 11.6 Å². The van der Waals surface area contributed by atoms with E-state index in [1.807, 2.05) is 6.92 Å². The molecule has 0 radical (unpaired) electrons. The molecule has 1 aromatic rings. The zero-order valence-electron chi connectivity index (χ0n) is 6.06. The smallest absolute Gasteiger partial charge is 0.178 e. The number of hydrogen-bond donors (Lipinski definition) is 1. The molecular weight excluding hydrogens is 211 g/mol. The molecule has 0 spiro atoms. The number of aryl methyl sites for hydroxylation is 1. The maximum absolute atomic E-state index is 12.8. The Balaban J connectivity index is 3.21. The number of phenols is 1. The molecule has 0 amide bonds. The number of rotatable bonds is 1. The molecular formula is C8H8BrFO. The minimum atomic E-state index is -0.595. The van der Waals surface area contributed by atoms with Gasteiger partial charge in [0.2, 0.25) is 0 Å². The van der Waals surface area contributed by atoms with Crippen LogP contribution in [0.2, 0.25) is 0 Å². The molecule has 0 unspecified atom stereocenters. The standard InChI is InChI=1S/C8H8BrFO/c1-2-5-3-6(9)8(10)7(11)4-5/h3-4,11H,2H2,1H3. The molecule has 3 heteroatoms. The van der Waals surface area contributed by atoms with Gasteiger partial charge in [0.1, 0.15) is 0 Å². The zero-order chi connectivity index (χ0) is 8.43. The predicted molar refractivity (Wildman–Crippen MR) is 45.1 cm³/mol. The first kappa shape index (κ1) is 8.53. The van der Waals surface area contributed by atoms with Crippen LogP contribution in [0.4, 0.5) is 4.39 Å². The molecule has 0 fully saturated rings. The normalized spacial score (nSPS) is 10.1. The highest BCUT2D eigenvalue weighted by Gasteiger charge is 2.05. The lowest BCUT2D eigenvalue weighted by Crippen LogP contribution is -1.84. The van der Waals surface area contributed by atoms with Crippen LogP contribution in [0.1, 0.15) is 12.5 Å². The van der Waals surface area contributed by atoms with E-state index in [2.05, 4.69) is 15.9 Å². The van der Waals surface area contributed by atoms with Crippen molar-refractivity contribution in [2.45, 2.75) is 13.3 Å². The second-order valence-corrected chi connectivity index (χ2v) is 3.12. The zero-order valence-corrected chi connectivity index (χ0v) is 7.65. The van der Waals surface area contributed by atoms with Crippen LogP contribution >= 0.6 is 15.9 Å². The number of phenolic OH excluding ortho intramolecular Hbond substituents is 1. The van der Waals surface area contributed by atoms with Crippen LogP contribution in [0, 0.1) is 5.82 Å². The van der Waals surface area contributed by atoms with Gasteiger partial charge in [-0.15, -0.1) is 0 Å². The van der Waals surface area contributed by atoms with Crippen molar-refractivity contribution in [1.82, 2.24) is 0 Å². The van der Waals surface area contributed by atoms with Gasteiger partial charge in [-0.1, -0.05) is 6.92 Å². The molecule has 0 aromatic heterocycles. The summed E-state index contributed by atoms with van der Waals surface area (Å²) in [5.41, 5.74) is 0.913. The average Bonchev–Trinajstić information content (AvgIpc) is 1.99. The highest BCUT2D eigenvalue weighted by Crippen LogP contribution is 2.25. The van der Waals surface area contributed by atoms with Crippen LogP contribution in [0.5, 0.6) is 5.75 Å². The second-order valence-electron chi connectivity index (χ2n) is 2.26. The van der Waals surface area contributed by atoms with Gasteiger partial charge in [-0.05, 0) is 40.0 Å². The lowest BCUT2D eigenvalue weighted by Gasteiger charge is -2.01. The van der Waals surface area contributed by atoms with E-state index in [1.54, 1.807) is 6.07 Å². The van der Waals surface area contributed by atoms with Crippen molar-refractivity contribution in [1.29, 1.82) is 0 Å². The van der Waals surface area contributed by atoms with E-state index < -0.39 is 5.82 Å². The third-order valence-corrected chi connectivity index (χ3v) is 2.05. The largest absolute Gasteiger partial charge is 0.505 e. The van der Waals surface area contributed by atoms with Crippen LogP contribution in [-0.4, -0.2) is 5.11 Å². The Morgan fingerprint density at radius 2 is 2.18 bits per heavy atom. The van der Waals surface area contributed by atoms with Crippen molar-refractivity contribution in [3.8, 4) is 5.75 Å². The molecule has 0 saturated carbocycles. The summed E-state index contributed by atoms with van der Waals surface area (Å²) in [5, 5.41) is 9.01. The van der Waals surface area contributed by atoms with Crippen LogP contribution in [0.25, 0.3) is 0 Å². The molecule has 0 aliphatic rings. The minimum Gasteiger partial charge on any atom is -0.505 e. The van der Waals surface area contributed by atoms with Gasteiger partial charge in [0, 0.05) is 0 Å². The number of hydrogen-bond acceptors (Lipinski definition) is 1. The van der Waals surface area contributed by atoms with Gasteiger partial charge in [0.05, 0.1) is 4.47 Å². The van der Waals surface area contributed by atoms with Crippen molar-refractivity contribution in [2.24, 2.45) is 0 Å². The van der Waals surface area contributed by atoms with Crippen molar-refractivity contribution in [3.63, 3.8) is 0 Å². The molecule has 0 heterocycles. The summed E-state index contributed by atoms with van der Waals surface area (Å²) in [7, 11) is 0. The Morgan fingerprint density at radius 1 is 1.55 bits per heavy atom. The number of halogens is 2. The summed E-state index contributed by atoms with van der Waals surface area (Å²) in [6.45, 7) is 1.94. The maximum atomic E-state index is 12.8. The van der Waals surface area contributed by atoms with Crippen LogP contribution in [0.15, 0.2) is 16.6 Å². The lowest BCUT2D eigenvalue weighted by molar-refractivity contribution is 0.429. The SMILES string of the molecule is CCc1cc(O)c(F)c(Br)c1. The summed E-state index contributed by atoms with van der Waals surface area (Å²) < 4.78 is 13.1. The average molecular weight is 219 g/mol. The molecule has 0 aliphatic heterocycles. The summed E-state index contributed by atoms with van der Waals surface area (Å²) >= 11 is 3.00. The third kappa shape index (κ3) is 1.71. The maximum Gasteiger partial charge on any atom is 0.178 e. The van der Waals surface area contributed by atoms with E-state index in [4.69, 9.17) is 5.11 Å². The fraction of sp³-hybridized carbons (Fsp3) is 0.250. The highest BCUT2D eigenvalue weighted by molar-refractivity contribution is 9.10. The molecule has 0 saturated heterocycles. The summed E-state index contributed by atoms with van der Waals surface area (Å²) in [6, 6.07) is 3.09. The fourth-order valence-electron chi connectivity index (χ4n) is 0.833. The topological polar surface area (TPSA) is 20.2 Å². The van der Waals surface area contributed by atoms with Gasteiger partial charge in [-0.3, -0.25) is 0 Å². The highest BCUT2D eigenvalue weighted by atomic mass is 79.9. The first-order valence-electron chi connectivity index (χ1n) is 3.32. The Hall–Kier alpha value is -0.570. The summed E-state index contributed by atoms with van der Waals surface area (Å²) in [6.07, 6.45) is 0.784. The van der Waals surface area contributed by atoms with E-state index in [0.717, 1.165) is 12.0 Å². The molecule has 0 atom stereocenters. The minimum absolute atomic E-state index is 0.295. The first-order chi connectivity index (χ1) is 5.15. The molecule has 1 rings (SSSR count). The van der Waals surface area contributed by atoms with Crippen molar-refractivity contribution in [2.75, 3.05) is 0 Å². The Kier molecular flexibility index (Phi) is 2.49. The number of benzene rings is 1. The second kappa shape index (κ2) is 3.22. The van der Waals surface area contributed by atoms with E-state index in [0.29, 0.717) is 4.47 Å². The van der Waals surface area contributed by atoms with Gasteiger partial charge < -0.3 is 5.11 Å². The van der Waals surface area contributed by atoms with Crippen LogP contribution < -0.4 is 0 Å². The molecule has 60 valence electrons. The van der Waals surface area contributed by atoms with Crippen LogP contribution in [0.3, 0.4) is 0 Å². The summed E-state index contributed by atoms with van der Waals surface area (Å²) in [5.74, 6) is -0.890. The first-order valence-corrected chi connectivity index (χ1v) is 4.11. The molecule has 1 nitrogen and oxygen atoms in total. The Labute approximate surface area is 73.0 Å². The van der Waals surface area contributed by atoms with E-state index in [-0.39, 0.29) is 5.75 Å². The monoisotopic (exact) mass is 218 g/mol. The Bertz CT molecular complexity index is 250. The molecule has 0 bridgehead atoms. The van der Waals surface area contributed by atoms with Crippen LogP contribution in [-0.2, 0) is 6.42 Å². The van der Waals surface area contributed by atoms with Gasteiger partial charge in [-0.2, -0.15) is 0 Å². The van der Waals surface area contributed by atoms with E-state index in [1.165, 1.54) is 6.07 Å². The lowest BCUT2D eigenvalue weighted by atomic mass is 10.1. The van der Waals surface area contributed by atoms with Crippen molar-refractivity contribution >= 4 is 15.9 Å². The number of aromatic hydroxyl groups is 1. The molecule has 1 aromatic carbocycles. The predicted octanol–water partition coefficient (Wildman–Crippen LogP) is 2.86. The van der Waals surface area contributed by atoms with Crippen molar-refractivity contribution in [3.05, 3.63) is 28.0 Å². The molecule has 1 N–H and O–H groups in total. The van der Waals surface area contributed by atoms with E-state index in [9.17, 15) is 4.39 Å². The Morgan fingerprint density at radius 3 is 2.64 bits per heavy atom. The third-order valence-electron chi connectivity index (χ3n) is 1.48. The molecule has 0 aliphatic carbocycles. The van der Waals surface area contributed by atoms with Gasteiger partial charge in [0.25, 0.3) is 0 Å². The quantitative estimate of drug-likeness (QED) is 0.769. The van der Waals surface area contributed by atoms with Gasteiger partial charge in [-0.25, -0.2) is 4.39 Å². The van der Waals surface area contributed by atoms with Gasteiger partial charge >= 0.3 is 0 Å². The molecule has 11 heavy (non-hydrogen) atoms. The summed E-state index contributed by atoms with van der Waals surface area (Å²) in [4.78, 5) is 0. The van der Waals surface area contributed by atoms with E-state index >= 15 is 0 Å². The van der Waals surface area contributed by atoms with Crippen molar-refractivity contribution < 1.29 is 9.50 Å². The fourth-order valence-corrected chi connectivity index (χ4v) is 1.33.